The fraction of sp³-hybridized carbons (Fsp3) is 0.647. The van der Waals surface area contributed by atoms with Crippen LogP contribution in [0.4, 0.5) is 0 Å². The van der Waals surface area contributed by atoms with Crippen molar-refractivity contribution in [1.29, 1.82) is 0 Å². The lowest BCUT2D eigenvalue weighted by Crippen LogP contribution is -2.31. The van der Waals surface area contributed by atoms with Gasteiger partial charge in [-0.25, -0.2) is 0 Å². The van der Waals surface area contributed by atoms with E-state index in [1.54, 1.807) is 12.1 Å². The smallest absolute Gasteiger partial charge is 0.258 e. The standard InChI is InChI=1S/C17H25Cl3O3S/c1-3-4-5-6-7-8-9-16(17(18,19)20)23-24(21,22)15-12-10-14(2)11-13-15/h10-13,16H,3-9H2,1-2H3. The molecule has 0 bridgehead atoms. The number of benzene rings is 1. The molecular weight excluding hydrogens is 391 g/mol. The van der Waals surface area contributed by atoms with E-state index in [9.17, 15) is 8.42 Å². The molecule has 0 amide bonds. The maximum Gasteiger partial charge on any atom is 0.297 e. The van der Waals surface area contributed by atoms with Gasteiger partial charge in [-0.3, -0.25) is 4.18 Å². The zero-order valence-electron chi connectivity index (χ0n) is 14.1. The predicted octanol–water partition coefficient (Wildman–Crippen LogP) is 6.19. The second-order valence-electron chi connectivity index (χ2n) is 5.95. The Hall–Kier alpha value is -0.000000000000000111. The van der Waals surface area contributed by atoms with Crippen molar-refractivity contribution in [1.82, 2.24) is 0 Å². The van der Waals surface area contributed by atoms with Gasteiger partial charge in [-0.15, -0.1) is 0 Å². The third kappa shape index (κ3) is 7.92. The van der Waals surface area contributed by atoms with E-state index in [1.807, 2.05) is 6.92 Å². The number of hydrogen-bond acceptors (Lipinski definition) is 3. The van der Waals surface area contributed by atoms with E-state index in [-0.39, 0.29) is 4.90 Å². The molecule has 3 nitrogen and oxygen atoms in total. The van der Waals surface area contributed by atoms with Crippen molar-refractivity contribution in [2.75, 3.05) is 0 Å². The molecular formula is C17H25Cl3O3S. The Balaban J connectivity index is 2.67. The van der Waals surface area contributed by atoms with Gasteiger partial charge in [-0.1, -0.05) is 97.9 Å². The van der Waals surface area contributed by atoms with Crippen molar-refractivity contribution in [2.45, 2.75) is 73.6 Å². The molecule has 0 heterocycles. The van der Waals surface area contributed by atoms with Crippen molar-refractivity contribution < 1.29 is 12.6 Å². The van der Waals surface area contributed by atoms with E-state index in [1.165, 1.54) is 25.0 Å². The highest BCUT2D eigenvalue weighted by atomic mass is 35.6. The normalized spacial score (nSPS) is 13.9. The fourth-order valence-electron chi connectivity index (χ4n) is 2.29. The van der Waals surface area contributed by atoms with Crippen LogP contribution < -0.4 is 0 Å². The molecule has 138 valence electrons. The van der Waals surface area contributed by atoms with Gasteiger partial charge in [0.05, 0.1) is 4.90 Å². The maximum absolute atomic E-state index is 12.4. The summed E-state index contributed by atoms with van der Waals surface area (Å²) in [5, 5.41) is 0. The van der Waals surface area contributed by atoms with Crippen molar-refractivity contribution in [3.05, 3.63) is 29.8 Å². The molecule has 0 radical (unpaired) electrons. The van der Waals surface area contributed by atoms with E-state index in [0.717, 1.165) is 31.2 Å². The highest BCUT2D eigenvalue weighted by molar-refractivity contribution is 7.86. The van der Waals surface area contributed by atoms with E-state index < -0.39 is 20.0 Å². The summed E-state index contributed by atoms with van der Waals surface area (Å²) in [6.45, 7) is 4.03. The lowest BCUT2D eigenvalue weighted by atomic mass is 10.1. The van der Waals surface area contributed by atoms with Crippen molar-refractivity contribution in [3.8, 4) is 0 Å². The molecule has 1 aromatic carbocycles. The monoisotopic (exact) mass is 414 g/mol. The first-order valence-corrected chi connectivity index (χ1v) is 10.8. The van der Waals surface area contributed by atoms with Gasteiger partial charge < -0.3 is 0 Å². The second-order valence-corrected chi connectivity index (χ2v) is 9.89. The number of halogens is 3. The number of aryl methyl sites for hydroxylation is 1. The first-order chi connectivity index (χ1) is 11.2. The predicted molar refractivity (Wildman–Crippen MR) is 102 cm³/mol. The third-order valence-electron chi connectivity index (χ3n) is 3.74. The Morgan fingerprint density at radius 3 is 2.08 bits per heavy atom. The van der Waals surface area contributed by atoms with Crippen LogP contribution in [0.15, 0.2) is 29.2 Å². The zero-order chi connectivity index (χ0) is 18.2. The van der Waals surface area contributed by atoms with Gasteiger partial charge in [-0.2, -0.15) is 8.42 Å². The summed E-state index contributed by atoms with van der Waals surface area (Å²) in [6.07, 6.45) is 5.73. The SMILES string of the molecule is CCCCCCCCC(OS(=O)(=O)c1ccc(C)cc1)C(Cl)(Cl)Cl. The minimum absolute atomic E-state index is 0.0651. The van der Waals surface area contributed by atoms with Gasteiger partial charge in [-0.05, 0) is 25.5 Å². The Labute approximate surface area is 160 Å². The van der Waals surface area contributed by atoms with Gasteiger partial charge in [0.1, 0.15) is 6.10 Å². The molecule has 0 aliphatic carbocycles. The molecule has 1 atom stereocenters. The summed E-state index contributed by atoms with van der Waals surface area (Å²) in [5.74, 6) is 0. The molecule has 1 aromatic rings. The van der Waals surface area contributed by atoms with Crippen LogP contribution >= 0.6 is 34.8 Å². The van der Waals surface area contributed by atoms with Crippen molar-refractivity contribution in [2.24, 2.45) is 0 Å². The molecule has 0 fully saturated rings. The highest BCUT2D eigenvalue weighted by Gasteiger charge is 2.37. The molecule has 0 aromatic heterocycles. The number of unbranched alkanes of at least 4 members (excludes halogenated alkanes) is 5. The molecule has 0 aliphatic heterocycles. The average Bonchev–Trinajstić information content (AvgIpc) is 2.49. The number of rotatable bonds is 10. The third-order valence-corrected chi connectivity index (χ3v) is 5.80. The first kappa shape index (κ1) is 22.0. The molecule has 1 unspecified atom stereocenters. The topological polar surface area (TPSA) is 43.4 Å². The lowest BCUT2D eigenvalue weighted by Gasteiger charge is -2.24. The Kier molecular flexibility index (Phi) is 9.39. The van der Waals surface area contributed by atoms with Crippen molar-refractivity contribution >= 4 is 44.9 Å². The summed E-state index contributed by atoms with van der Waals surface area (Å²) in [6, 6.07) is 6.39. The molecule has 0 spiro atoms. The molecule has 0 N–H and O–H groups in total. The van der Waals surface area contributed by atoms with Crippen LogP contribution in [0.2, 0.25) is 0 Å². The zero-order valence-corrected chi connectivity index (χ0v) is 17.2. The van der Waals surface area contributed by atoms with Gasteiger partial charge in [0.25, 0.3) is 10.1 Å². The Morgan fingerprint density at radius 2 is 1.54 bits per heavy atom. The Morgan fingerprint density at radius 1 is 1.00 bits per heavy atom. The molecule has 24 heavy (non-hydrogen) atoms. The van der Waals surface area contributed by atoms with Gasteiger partial charge >= 0.3 is 0 Å². The van der Waals surface area contributed by atoms with Crippen LogP contribution in [0.25, 0.3) is 0 Å². The van der Waals surface area contributed by atoms with Crippen LogP contribution in [0.5, 0.6) is 0 Å². The summed E-state index contributed by atoms with van der Waals surface area (Å²) >= 11 is 17.8. The molecule has 0 aliphatic rings. The minimum Gasteiger partial charge on any atom is -0.258 e. The Bertz CT molecular complexity index is 580. The molecule has 7 heteroatoms. The average molecular weight is 416 g/mol. The van der Waals surface area contributed by atoms with Crippen LogP contribution in [0, 0.1) is 6.92 Å². The lowest BCUT2D eigenvalue weighted by molar-refractivity contribution is 0.198. The van der Waals surface area contributed by atoms with E-state index in [0.29, 0.717) is 6.42 Å². The van der Waals surface area contributed by atoms with Crippen LogP contribution in [-0.4, -0.2) is 18.3 Å². The number of hydrogen-bond donors (Lipinski definition) is 0. The number of alkyl halides is 3. The summed E-state index contributed by atoms with van der Waals surface area (Å²) in [5.41, 5.74) is 0.957. The van der Waals surface area contributed by atoms with Gasteiger partial charge in [0, 0.05) is 0 Å². The summed E-state index contributed by atoms with van der Waals surface area (Å²) in [7, 11) is -3.96. The maximum atomic E-state index is 12.4. The van der Waals surface area contributed by atoms with Crippen molar-refractivity contribution in [3.63, 3.8) is 0 Å². The largest absolute Gasteiger partial charge is 0.297 e. The molecule has 0 saturated heterocycles. The van der Waals surface area contributed by atoms with Crippen LogP contribution in [0.1, 0.15) is 57.4 Å². The molecule has 1 rings (SSSR count). The van der Waals surface area contributed by atoms with Crippen LogP contribution in [-0.2, 0) is 14.3 Å². The first-order valence-electron chi connectivity index (χ1n) is 8.23. The summed E-state index contributed by atoms with van der Waals surface area (Å²) in [4.78, 5) is 0.0651. The van der Waals surface area contributed by atoms with Gasteiger partial charge in [0.2, 0.25) is 3.79 Å². The van der Waals surface area contributed by atoms with Gasteiger partial charge in [0.15, 0.2) is 0 Å². The minimum atomic E-state index is -3.96. The summed E-state index contributed by atoms with van der Waals surface area (Å²) < 4.78 is 28.2. The molecule has 0 saturated carbocycles. The fourth-order valence-corrected chi connectivity index (χ4v) is 4.04. The van der Waals surface area contributed by atoms with E-state index >= 15 is 0 Å². The van der Waals surface area contributed by atoms with E-state index in [4.69, 9.17) is 39.0 Å². The highest BCUT2D eigenvalue weighted by Crippen LogP contribution is 2.36. The quantitative estimate of drug-likeness (QED) is 0.260. The van der Waals surface area contributed by atoms with E-state index in [2.05, 4.69) is 6.92 Å². The second kappa shape index (κ2) is 10.2. The van der Waals surface area contributed by atoms with Crippen LogP contribution in [0.3, 0.4) is 0 Å².